The van der Waals surface area contributed by atoms with Crippen LogP contribution >= 0.6 is 43.5 Å². The Morgan fingerprint density at radius 1 is 1.26 bits per heavy atom. The SMILES string of the molecule is COc1c(Br)cc(CNc2ccc(Cl)nc2)cc1Br. The van der Waals surface area contributed by atoms with Gasteiger partial charge in [-0.1, -0.05) is 11.6 Å². The highest BCUT2D eigenvalue weighted by atomic mass is 79.9. The zero-order valence-electron chi connectivity index (χ0n) is 10.1. The summed E-state index contributed by atoms with van der Waals surface area (Å²) in [5.41, 5.74) is 2.04. The number of nitrogens with zero attached hydrogens (tertiary/aromatic N) is 1. The number of aromatic nitrogens is 1. The van der Waals surface area contributed by atoms with Crippen LogP contribution in [-0.4, -0.2) is 12.1 Å². The number of hydrogen-bond acceptors (Lipinski definition) is 3. The minimum Gasteiger partial charge on any atom is -0.494 e. The van der Waals surface area contributed by atoms with Crippen LogP contribution in [-0.2, 0) is 6.54 Å². The summed E-state index contributed by atoms with van der Waals surface area (Å²) >= 11 is 12.7. The maximum absolute atomic E-state index is 5.74. The van der Waals surface area contributed by atoms with E-state index in [-0.39, 0.29) is 0 Å². The van der Waals surface area contributed by atoms with Gasteiger partial charge in [0.1, 0.15) is 10.9 Å². The van der Waals surface area contributed by atoms with Gasteiger partial charge in [0, 0.05) is 6.54 Å². The van der Waals surface area contributed by atoms with E-state index in [1.54, 1.807) is 19.4 Å². The molecule has 0 amide bonds. The molecule has 0 fully saturated rings. The van der Waals surface area contributed by atoms with Crippen LogP contribution in [0, 0.1) is 0 Å². The van der Waals surface area contributed by atoms with Gasteiger partial charge in [0.05, 0.1) is 27.9 Å². The number of rotatable bonds is 4. The average Bonchev–Trinajstić information content (AvgIpc) is 2.38. The topological polar surface area (TPSA) is 34.1 Å². The third kappa shape index (κ3) is 3.84. The molecule has 0 saturated carbocycles. The van der Waals surface area contributed by atoms with Gasteiger partial charge in [0.2, 0.25) is 0 Å². The summed E-state index contributed by atoms with van der Waals surface area (Å²) in [6.07, 6.45) is 1.70. The molecule has 1 N–H and O–H groups in total. The highest BCUT2D eigenvalue weighted by Gasteiger charge is 2.07. The van der Waals surface area contributed by atoms with Crippen molar-refractivity contribution in [2.24, 2.45) is 0 Å². The Labute approximate surface area is 133 Å². The van der Waals surface area contributed by atoms with Crippen LogP contribution in [0.4, 0.5) is 5.69 Å². The van der Waals surface area contributed by atoms with Crippen LogP contribution in [0.2, 0.25) is 5.15 Å². The molecule has 0 radical (unpaired) electrons. The number of halogens is 3. The molecule has 0 aliphatic heterocycles. The lowest BCUT2D eigenvalue weighted by atomic mass is 10.2. The molecule has 6 heteroatoms. The van der Waals surface area contributed by atoms with Gasteiger partial charge in [0.25, 0.3) is 0 Å². The number of nitrogens with one attached hydrogen (secondary N) is 1. The van der Waals surface area contributed by atoms with Gasteiger partial charge in [0.15, 0.2) is 0 Å². The first-order valence-corrected chi connectivity index (χ1v) is 7.44. The van der Waals surface area contributed by atoms with E-state index in [1.165, 1.54) is 0 Å². The maximum Gasteiger partial charge on any atom is 0.147 e. The number of ether oxygens (including phenoxy) is 1. The molecule has 100 valence electrons. The van der Waals surface area contributed by atoms with Crippen LogP contribution in [0.15, 0.2) is 39.4 Å². The Bertz CT molecular complexity index is 552. The van der Waals surface area contributed by atoms with Gasteiger partial charge in [-0.2, -0.15) is 0 Å². The number of methoxy groups -OCH3 is 1. The molecule has 1 aromatic heterocycles. The molecule has 1 aromatic carbocycles. The highest BCUT2D eigenvalue weighted by molar-refractivity contribution is 9.11. The molecule has 3 nitrogen and oxygen atoms in total. The molecule has 0 aliphatic carbocycles. The molecule has 0 saturated heterocycles. The molecule has 2 aromatic rings. The molecule has 2 rings (SSSR count). The van der Waals surface area contributed by atoms with E-state index in [0.717, 1.165) is 25.9 Å². The zero-order chi connectivity index (χ0) is 13.8. The standard InChI is InChI=1S/C13H11Br2ClN2O/c1-19-13-10(14)4-8(5-11(13)15)6-17-9-2-3-12(16)18-7-9/h2-5,7,17H,6H2,1H3. The molecule has 0 spiro atoms. The monoisotopic (exact) mass is 404 g/mol. The van der Waals surface area contributed by atoms with E-state index < -0.39 is 0 Å². The van der Waals surface area contributed by atoms with Crippen molar-refractivity contribution in [2.45, 2.75) is 6.54 Å². The normalized spacial score (nSPS) is 10.3. The van der Waals surface area contributed by atoms with Crippen LogP contribution in [0.5, 0.6) is 5.75 Å². The van der Waals surface area contributed by atoms with Crippen LogP contribution < -0.4 is 10.1 Å². The van der Waals surface area contributed by atoms with Crippen LogP contribution in [0.1, 0.15) is 5.56 Å². The lowest BCUT2D eigenvalue weighted by Crippen LogP contribution is -2.00. The Hall–Kier alpha value is -0.780. The average molecular weight is 407 g/mol. The summed E-state index contributed by atoms with van der Waals surface area (Å²) in [6.45, 7) is 0.685. The molecular weight excluding hydrogens is 395 g/mol. The van der Waals surface area contributed by atoms with Crippen LogP contribution in [0.25, 0.3) is 0 Å². The van der Waals surface area contributed by atoms with E-state index in [0.29, 0.717) is 11.7 Å². The fourth-order valence-electron chi connectivity index (χ4n) is 1.59. The van der Waals surface area contributed by atoms with E-state index in [2.05, 4.69) is 42.2 Å². The van der Waals surface area contributed by atoms with E-state index in [1.807, 2.05) is 18.2 Å². The number of benzene rings is 1. The quantitative estimate of drug-likeness (QED) is 0.735. The van der Waals surface area contributed by atoms with Crippen LogP contribution in [0.3, 0.4) is 0 Å². The minimum absolute atomic E-state index is 0.487. The fourth-order valence-corrected chi connectivity index (χ4v) is 3.31. The summed E-state index contributed by atoms with van der Waals surface area (Å²) in [5.74, 6) is 0.789. The Kier molecular flexibility index (Phi) is 5.07. The van der Waals surface area contributed by atoms with Gasteiger partial charge in [-0.05, 0) is 61.7 Å². The molecule has 0 bridgehead atoms. The van der Waals surface area contributed by atoms with Gasteiger partial charge in [-0.25, -0.2) is 4.98 Å². The number of hydrogen-bond donors (Lipinski definition) is 1. The Balaban J connectivity index is 2.09. The van der Waals surface area contributed by atoms with Crippen molar-refractivity contribution in [3.63, 3.8) is 0 Å². The van der Waals surface area contributed by atoms with Crippen molar-refractivity contribution in [1.82, 2.24) is 4.98 Å². The molecule has 0 aliphatic rings. The summed E-state index contributed by atoms with van der Waals surface area (Å²) in [7, 11) is 1.64. The summed E-state index contributed by atoms with van der Waals surface area (Å²) in [6, 6.07) is 7.67. The second-order valence-corrected chi connectivity index (χ2v) is 5.91. The van der Waals surface area contributed by atoms with E-state index >= 15 is 0 Å². The first-order chi connectivity index (χ1) is 9.10. The first-order valence-electron chi connectivity index (χ1n) is 5.47. The molecule has 1 heterocycles. The number of anilines is 1. The van der Waals surface area contributed by atoms with Gasteiger partial charge < -0.3 is 10.1 Å². The Morgan fingerprint density at radius 2 is 1.95 bits per heavy atom. The predicted octanol–water partition coefficient (Wildman–Crippen LogP) is 4.88. The van der Waals surface area contributed by atoms with Gasteiger partial charge in [-0.3, -0.25) is 0 Å². The molecular formula is C13H11Br2ClN2O. The minimum atomic E-state index is 0.487. The molecule has 0 unspecified atom stereocenters. The smallest absolute Gasteiger partial charge is 0.147 e. The predicted molar refractivity (Wildman–Crippen MR) is 85.0 cm³/mol. The summed E-state index contributed by atoms with van der Waals surface area (Å²) in [5, 5.41) is 3.76. The third-order valence-electron chi connectivity index (χ3n) is 2.49. The molecule has 19 heavy (non-hydrogen) atoms. The lowest BCUT2D eigenvalue weighted by Gasteiger charge is -2.10. The highest BCUT2D eigenvalue weighted by Crippen LogP contribution is 2.34. The first kappa shape index (κ1) is 14.6. The molecule has 0 atom stereocenters. The maximum atomic E-state index is 5.74. The summed E-state index contributed by atoms with van der Waals surface area (Å²) in [4.78, 5) is 4.02. The van der Waals surface area contributed by atoms with E-state index in [4.69, 9.17) is 16.3 Å². The lowest BCUT2D eigenvalue weighted by molar-refractivity contribution is 0.409. The third-order valence-corrected chi connectivity index (χ3v) is 3.89. The summed E-state index contributed by atoms with van der Waals surface area (Å²) < 4.78 is 7.09. The Morgan fingerprint density at radius 3 is 2.47 bits per heavy atom. The second kappa shape index (κ2) is 6.59. The van der Waals surface area contributed by atoms with Crippen molar-refractivity contribution in [3.8, 4) is 5.75 Å². The van der Waals surface area contributed by atoms with Crippen molar-refractivity contribution in [2.75, 3.05) is 12.4 Å². The fraction of sp³-hybridized carbons (Fsp3) is 0.154. The van der Waals surface area contributed by atoms with Gasteiger partial charge >= 0.3 is 0 Å². The van der Waals surface area contributed by atoms with E-state index in [9.17, 15) is 0 Å². The van der Waals surface area contributed by atoms with Gasteiger partial charge in [-0.15, -0.1) is 0 Å². The van der Waals surface area contributed by atoms with Crippen molar-refractivity contribution in [3.05, 3.63) is 50.1 Å². The van der Waals surface area contributed by atoms with Crippen molar-refractivity contribution < 1.29 is 4.74 Å². The largest absolute Gasteiger partial charge is 0.494 e. The second-order valence-electron chi connectivity index (χ2n) is 3.82. The van der Waals surface area contributed by atoms with Crippen molar-refractivity contribution >= 4 is 49.1 Å². The van der Waals surface area contributed by atoms with Crippen molar-refractivity contribution in [1.29, 1.82) is 0 Å². The number of pyridine rings is 1. The zero-order valence-corrected chi connectivity index (χ0v) is 14.0.